The molecule has 0 aliphatic carbocycles. The smallest absolute Gasteiger partial charge is 0.322 e. The first kappa shape index (κ1) is 16.1. The zero-order valence-electron chi connectivity index (χ0n) is 12.7. The molecule has 0 radical (unpaired) electrons. The second-order valence-corrected chi connectivity index (χ2v) is 5.78. The normalized spacial score (nSPS) is 16.0. The second-order valence-electron chi connectivity index (χ2n) is 4.98. The molecule has 0 bridgehead atoms. The Morgan fingerprint density at radius 3 is 2.62 bits per heavy atom. The van der Waals surface area contributed by atoms with Crippen LogP contribution in [-0.2, 0) is 22.5 Å². The van der Waals surface area contributed by atoms with Gasteiger partial charge in [0.25, 0.3) is 0 Å². The number of halogens is 1. The maximum atomic E-state index is 11.7. The number of benzene rings is 1. The largest absolute Gasteiger partial charge is 0.493 e. The first-order chi connectivity index (χ1) is 10.0. The minimum atomic E-state index is -0.255. The molecule has 0 N–H and O–H groups in total. The SMILES string of the molecule is COC(=O)C(C)N1CCc2c(cc(OC)c(OC)c2Br)C1. The molecule has 1 unspecified atom stereocenters. The third-order valence-electron chi connectivity index (χ3n) is 3.92. The van der Waals surface area contributed by atoms with Gasteiger partial charge < -0.3 is 14.2 Å². The van der Waals surface area contributed by atoms with Gasteiger partial charge in [-0.2, -0.15) is 0 Å². The lowest BCUT2D eigenvalue weighted by Gasteiger charge is -2.33. The van der Waals surface area contributed by atoms with Crippen LogP contribution in [0.15, 0.2) is 10.5 Å². The molecule has 0 aromatic heterocycles. The van der Waals surface area contributed by atoms with Gasteiger partial charge in [-0.05, 0) is 46.5 Å². The van der Waals surface area contributed by atoms with Crippen LogP contribution in [0.1, 0.15) is 18.1 Å². The van der Waals surface area contributed by atoms with Crippen molar-refractivity contribution in [2.24, 2.45) is 0 Å². The molecule has 0 fully saturated rings. The van der Waals surface area contributed by atoms with E-state index in [1.807, 2.05) is 13.0 Å². The summed E-state index contributed by atoms with van der Waals surface area (Å²) in [6.45, 7) is 3.36. The van der Waals surface area contributed by atoms with Crippen LogP contribution in [0, 0.1) is 0 Å². The first-order valence-corrected chi connectivity index (χ1v) is 7.56. The summed E-state index contributed by atoms with van der Waals surface area (Å²) in [4.78, 5) is 13.8. The molecule has 1 aromatic rings. The average molecular weight is 358 g/mol. The van der Waals surface area contributed by atoms with Gasteiger partial charge in [0, 0.05) is 13.1 Å². The fourth-order valence-corrected chi connectivity index (χ4v) is 3.46. The molecule has 2 rings (SSSR count). The van der Waals surface area contributed by atoms with Crippen LogP contribution >= 0.6 is 15.9 Å². The Bertz CT molecular complexity index is 547. The van der Waals surface area contributed by atoms with Gasteiger partial charge >= 0.3 is 5.97 Å². The minimum Gasteiger partial charge on any atom is -0.493 e. The van der Waals surface area contributed by atoms with Gasteiger partial charge in [0.1, 0.15) is 6.04 Å². The molecule has 1 aliphatic rings. The lowest BCUT2D eigenvalue weighted by Crippen LogP contribution is -2.42. The summed E-state index contributed by atoms with van der Waals surface area (Å²) in [5, 5.41) is 0. The Hall–Kier alpha value is -1.27. The van der Waals surface area contributed by atoms with E-state index in [1.54, 1.807) is 14.2 Å². The van der Waals surface area contributed by atoms with Gasteiger partial charge in [-0.25, -0.2) is 0 Å². The maximum absolute atomic E-state index is 11.7. The quantitative estimate of drug-likeness (QED) is 0.774. The van der Waals surface area contributed by atoms with Crippen LogP contribution in [0.3, 0.4) is 0 Å². The molecule has 0 spiro atoms. The fourth-order valence-electron chi connectivity index (χ4n) is 2.65. The Kier molecular flexibility index (Phi) is 5.11. The molecule has 21 heavy (non-hydrogen) atoms. The van der Waals surface area contributed by atoms with Crippen molar-refractivity contribution in [3.63, 3.8) is 0 Å². The molecular formula is C15H20BrNO4. The summed E-state index contributed by atoms with van der Waals surface area (Å²) in [5.74, 6) is 1.19. The lowest BCUT2D eigenvalue weighted by atomic mass is 9.97. The highest BCUT2D eigenvalue weighted by Gasteiger charge is 2.28. The van der Waals surface area contributed by atoms with E-state index >= 15 is 0 Å². The zero-order chi connectivity index (χ0) is 15.6. The van der Waals surface area contributed by atoms with Crippen LogP contribution in [0.4, 0.5) is 0 Å². The van der Waals surface area contributed by atoms with Crippen LogP contribution in [0.2, 0.25) is 0 Å². The third-order valence-corrected chi connectivity index (χ3v) is 4.76. The molecule has 1 aliphatic heterocycles. The van der Waals surface area contributed by atoms with Crippen molar-refractivity contribution in [3.05, 3.63) is 21.7 Å². The Balaban J connectivity index is 2.33. The number of hydrogen-bond donors (Lipinski definition) is 0. The van der Waals surface area contributed by atoms with E-state index in [9.17, 15) is 4.79 Å². The summed E-state index contributed by atoms with van der Waals surface area (Å²) in [6.07, 6.45) is 0.845. The Morgan fingerprint density at radius 2 is 2.05 bits per heavy atom. The molecule has 1 aromatic carbocycles. The molecule has 116 valence electrons. The number of hydrogen-bond acceptors (Lipinski definition) is 5. The average Bonchev–Trinajstić information content (AvgIpc) is 2.52. The van der Waals surface area contributed by atoms with Crippen molar-refractivity contribution in [3.8, 4) is 11.5 Å². The van der Waals surface area contributed by atoms with E-state index < -0.39 is 0 Å². The van der Waals surface area contributed by atoms with Gasteiger partial charge in [0.05, 0.1) is 25.8 Å². The van der Waals surface area contributed by atoms with Crippen LogP contribution in [-0.4, -0.2) is 44.8 Å². The number of nitrogens with zero attached hydrogens (tertiary/aromatic N) is 1. The van der Waals surface area contributed by atoms with E-state index in [-0.39, 0.29) is 12.0 Å². The van der Waals surface area contributed by atoms with Crippen molar-refractivity contribution in [1.82, 2.24) is 4.90 Å². The van der Waals surface area contributed by atoms with Crippen molar-refractivity contribution < 1.29 is 19.0 Å². The number of ether oxygens (including phenoxy) is 3. The number of carbonyl (C=O) groups excluding carboxylic acids is 1. The van der Waals surface area contributed by atoms with E-state index in [2.05, 4.69) is 20.8 Å². The molecule has 0 saturated heterocycles. The number of fused-ring (bicyclic) bond motifs is 1. The van der Waals surface area contributed by atoms with Gasteiger partial charge in [0.15, 0.2) is 11.5 Å². The Labute approximate surface area is 133 Å². The minimum absolute atomic E-state index is 0.210. The predicted molar refractivity (Wildman–Crippen MR) is 82.8 cm³/mol. The molecule has 6 heteroatoms. The molecule has 1 atom stereocenters. The number of esters is 1. The van der Waals surface area contributed by atoms with Crippen molar-refractivity contribution in [2.75, 3.05) is 27.9 Å². The predicted octanol–water partition coefficient (Wildman–Crippen LogP) is 2.39. The highest BCUT2D eigenvalue weighted by molar-refractivity contribution is 9.10. The lowest BCUT2D eigenvalue weighted by molar-refractivity contribution is -0.146. The summed E-state index contributed by atoms with van der Waals surface area (Å²) in [5.41, 5.74) is 2.35. The van der Waals surface area contributed by atoms with Crippen LogP contribution < -0.4 is 9.47 Å². The highest BCUT2D eigenvalue weighted by Crippen LogP contribution is 2.41. The van der Waals surface area contributed by atoms with Crippen LogP contribution in [0.5, 0.6) is 11.5 Å². The van der Waals surface area contributed by atoms with Crippen molar-refractivity contribution in [1.29, 1.82) is 0 Å². The van der Waals surface area contributed by atoms with E-state index in [4.69, 9.17) is 14.2 Å². The zero-order valence-corrected chi connectivity index (χ0v) is 14.3. The van der Waals surface area contributed by atoms with E-state index in [1.165, 1.54) is 12.7 Å². The summed E-state index contributed by atoms with van der Waals surface area (Å²) in [6, 6.07) is 1.73. The molecule has 1 heterocycles. The molecule has 0 amide bonds. The number of carbonyl (C=O) groups is 1. The summed E-state index contributed by atoms with van der Waals surface area (Å²) < 4.78 is 16.5. The second kappa shape index (κ2) is 6.66. The highest BCUT2D eigenvalue weighted by atomic mass is 79.9. The van der Waals surface area contributed by atoms with E-state index in [0.717, 1.165) is 23.0 Å². The van der Waals surface area contributed by atoms with Gasteiger partial charge in [-0.15, -0.1) is 0 Å². The first-order valence-electron chi connectivity index (χ1n) is 6.77. The third kappa shape index (κ3) is 3.01. The van der Waals surface area contributed by atoms with Gasteiger partial charge in [-0.3, -0.25) is 9.69 Å². The standard InChI is InChI=1S/C15H20BrNO4/c1-9(15(18)21-4)17-6-5-11-10(8-17)7-12(19-2)14(20-3)13(11)16/h7,9H,5-6,8H2,1-4H3. The van der Waals surface area contributed by atoms with Crippen LogP contribution in [0.25, 0.3) is 0 Å². The number of rotatable bonds is 4. The Morgan fingerprint density at radius 1 is 1.33 bits per heavy atom. The summed E-state index contributed by atoms with van der Waals surface area (Å²) in [7, 11) is 4.67. The van der Waals surface area contributed by atoms with Crippen molar-refractivity contribution >= 4 is 21.9 Å². The molecule has 5 nitrogen and oxygen atoms in total. The van der Waals surface area contributed by atoms with Gasteiger partial charge in [-0.1, -0.05) is 0 Å². The topological polar surface area (TPSA) is 48.0 Å². The number of methoxy groups -OCH3 is 3. The molecular weight excluding hydrogens is 338 g/mol. The monoisotopic (exact) mass is 357 g/mol. The maximum Gasteiger partial charge on any atom is 0.322 e. The fraction of sp³-hybridized carbons (Fsp3) is 0.533. The van der Waals surface area contributed by atoms with Crippen molar-refractivity contribution in [2.45, 2.75) is 25.9 Å². The van der Waals surface area contributed by atoms with E-state index in [0.29, 0.717) is 18.0 Å². The van der Waals surface area contributed by atoms with Gasteiger partial charge in [0.2, 0.25) is 0 Å². The summed E-state index contributed by atoms with van der Waals surface area (Å²) >= 11 is 3.60. The molecule has 0 saturated carbocycles.